The third kappa shape index (κ3) is 4.10. The smallest absolute Gasteiger partial charge is 0.00821 e. The summed E-state index contributed by atoms with van der Waals surface area (Å²) in [5, 5.41) is 3.70. The Morgan fingerprint density at radius 3 is 2.85 bits per heavy atom. The average molecular weight is 184 g/mol. The largest absolute Gasteiger partial charge is 0.311 e. The van der Waals surface area contributed by atoms with Crippen LogP contribution in [0.1, 0.15) is 39.5 Å². The third-order valence-electron chi connectivity index (χ3n) is 3.08. The molecule has 0 radical (unpaired) electrons. The molecule has 0 aliphatic carbocycles. The summed E-state index contributed by atoms with van der Waals surface area (Å²) in [7, 11) is 2.23. The standard InChI is InChI=1S/C11H24N2/c1-4-10(2)12-11-6-5-8-13(3)9-7-11/h10-12H,4-9H2,1-3H3. The van der Waals surface area contributed by atoms with E-state index in [9.17, 15) is 0 Å². The Morgan fingerprint density at radius 2 is 2.15 bits per heavy atom. The van der Waals surface area contributed by atoms with E-state index in [0.29, 0.717) is 6.04 Å². The maximum absolute atomic E-state index is 3.70. The van der Waals surface area contributed by atoms with Crippen molar-refractivity contribution >= 4 is 0 Å². The molecule has 1 heterocycles. The van der Waals surface area contributed by atoms with Gasteiger partial charge in [-0.2, -0.15) is 0 Å². The van der Waals surface area contributed by atoms with Crippen molar-refractivity contribution in [1.82, 2.24) is 10.2 Å². The molecule has 13 heavy (non-hydrogen) atoms. The molecule has 2 unspecified atom stereocenters. The summed E-state index contributed by atoms with van der Waals surface area (Å²) in [4.78, 5) is 2.44. The third-order valence-corrected chi connectivity index (χ3v) is 3.08. The highest BCUT2D eigenvalue weighted by atomic mass is 15.1. The van der Waals surface area contributed by atoms with Crippen LogP contribution in [0.2, 0.25) is 0 Å². The molecule has 1 aliphatic heterocycles. The van der Waals surface area contributed by atoms with Crippen LogP contribution < -0.4 is 5.32 Å². The lowest BCUT2D eigenvalue weighted by atomic mass is 10.1. The van der Waals surface area contributed by atoms with E-state index in [-0.39, 0.29) is 0 Å². The summed E-state index contributed by atoms with van der Waals surface area (Å²) in [6, 6.07) is 1.45. The first-order chi connectivity index (χ1) is 6.22. The molecule has 0 aromatic rings. The highest BCUT2D eigenvalue weighted by Crippen LogP contribution is 2.10. The fourth-order valence-electron chi connectivity index (χ4n) is 1.93. The Hall–Kier alpha value is -0.0800. The second-order valence-electron chi connectivity index (χ2n) is 4.41. The van der Waals surface area contributed by atoms with Crippen molar-refractivity contribution in [1.29, 1.82) is 0 Å². The first-order valence-electron chi connectivity index (χ1n) is 5.67. The van der Waals surface area contributed by atoms with Crippen molar-refractivity contribution in [2.75, 3.05) is 20.1 Å². The molecule has 1 rings (SSSR count). The van der Waals surface area contributed by atoms with Gasteiger partial charge in [0.05, 0.1) is 0 Å². The maximum atomic E-state index is 3.70. The zero-order valence-corrected chi connectivity index (χ0v) is 9.34. The van der Waals surface area contributed by atoms with Gasteiger partial charge >= 0.3 is 0 Å². The second-order valence-corrected chi connectivity index (χ2v) is 4.41. The van der Waals surface area contributed by atoms with E-state index in [1.165, 1.54) is 38.8 Å². The van der Waals surface area contributed by atoms with Crippen LogP contribution in [0.3, 0.4) is 0 Å². The molecule has 0 spiro atoms. The molecule has 78 valence electrons. The van der Waals surface area contributed by atoms with E-state index in [0.717, 1.165) is 6.04 Å². The number of hydrogen-bond acceptors (Lipinski definition) is 2. The molecule has 1 saturated heterocycles. The quantitative estimate of drug-likeness (QED) is 0.720. The summed E-state index contributed by atoms with van der Waals surface area (Å²) in [6.07, 6.45) is 5.27. The molecule has 0 aromatic heterocycles. The van der Waals surface area contributed by atoms with E-state index >= 15 is 0 Å². The highest BCUT2D eigenvalue weighted by molar-refractivity contribution is 4.75. The van der Waals surface area contributed by atoms with Crippen molar-refractivity contribution < 1.29 is 0 Å². The van der Waals surface area contributed by atoms with Crippen LogP contribution in [0, 0.1) is 0 Å². The summed E-state index contributed by atoms with van der Waals surface area (Å²) in [5.74, 6) is 0. The van der Waals surface area contributed by atoms with E-state index in [1.807, 2.05) is 0 Å². The van der Waals surface area contributed by atoms with Crippen LogP contribution >= 0.6 is 0 Å². The normalized spacial score (nSPS) is 28.4. The van der Waals surface area contributed by atoms with Crippen LogP contribution in [0.25, 0.3) is 0 Å². The minimum Gasteiger partial charge on any atom is -0.311 e. The van der Waals surface area contributed by atoms with Gasteiger partial charge in [0.25, 0.3) is 0 Å². The van der Waals surface area contributed by atoms with E-state index in [4.69, 9.17) is 0 Å². The Morgan fingerprint density at radius 1 is 1.38 bits per heavy atom. The second kappa shape index (κ2) is 5.61. The van der Waals surface area contributed by atoms with Gasteiger partial charge < -0.3 is 10.2 Å². The van der Waals surface area contributed by atoms with E-state index < -0.39 is 0 Å². The minimum absolute atomic E-state index is 0.688. The number of nitrogens with one attached hydrogen (secondary N) is 1. The first kappa shape index (κ1) is 11.0. The zero-order valence-electron chi connectivity index (χ0n) is 9.34. The van der Waals surface area contributed by atoms with Gasteiger partial charge in [-0.05, 0) is 52.7 Å². The summed E-state index contributed by atoms with van der Waals surface area (Å²) in [6.45, 7) is 7.07. The van der Waals surface area contributed by atoms with Crippen LogP contribution in [-0.2, 0) is 0 Å². The molecule has 0 amide bonds. The Bertz CT molecular complexity index is 136. The van der Waals surface area contributed by atoms with Crippen LogP contribution in [0.15, 0.2) is 0 Å². The number of hydrogen-bond donors (Lipinski definition) is 1. The molecular formula is C11H24N2. The average Bonchev–Trinajstić information content (AvgIpc) is 2.31. The fourth-order valence-corrected chi connectivity index (χ4v) is 1.93. The van der Waals surface area contributed by atoms with Crippen LogP contribution in [-0.4, -0.2) is 37.1 Å². The van der Waals surface area contributed by atoms with Gasteiger partial charge in [0.2, 0.25) is 0 Å². The summed E-state index contributed by atoms with van der Waals surface area (Å²) in [5.41, 5.74) is 0. The molecule has 2 heteroatoms. The van der Waals surface area contributed by atoms with Crippen LogP contribution in [0.4, 0.5) is 0 Å². The molecule has 0 saturated carbocycles. The predicted octanol–water partition coefficient (Wildman–Crippen LogP) is 1.86. The van der Waals surface area contributed by atoms with Crippen molar-refractivity contribution in [3.05, 3.63) is 0 Å². The molecule has 1 N–H and O–H groups in total. The molecule has 2 atom stereocenters. The van der Waals surface area contributed by atoms with Gasteiger partial charge in [0.1, 0.15) is 0 Å². The van der Waals surface area contributed by atoms with Crippen molar-refractivity contribution in [2.24, 2.45) is 0 Å². The Balaban J connectivity index is 2.25. The fraction of sp³-hybridized carbons (Fsp3) is 1.00. The molecule has 1 fully saturated rings. The van der Waals surface area contributed by atoms with Crippen molar-refractivity contribution in [2.45, 2.75) is 51.6 Å². The predicted molar refractivity (Wildman–Crippen MR) is 58.0 cm³/mol. The molecule has 0 bridgehead atoms. The lowest BCUT2D eigenvalue weighted by Gasteiger charge is -2.21. The highest BCUT2D eigenvalue weighted by Gasteiger charge is 2.15. The monoisotopic (exact) mass is 184 g/mol. The van der Waals surface area contributed by atoms with Gasteiger partial charge in [-0.15, -0.1) is 0 Å². The first-order valence-corrected chi connectivity index (χ1v) is 5.67. The van der Waals surface area contributed by atoms with Gasteiger partial charge in [0.15, 0.2) is 0 Å². The van der Waals surface area contributed by atoms with Crippen molar-refractivity contribution in [3.8, 4) is 0 Å². The lowest BCUT2D eigenvalue weighted by molar-refractivity contribution is 0.339. The molecule has 2 nitrogen and oxygen atoms in total. The van der Waals surface area contributed by atoms with Gasteiger partial charge in [0, 0.05) is 12.1 Å². The molecule has 1 aliphatic rings. The Labute approximate surface area is 82.7 Å². The zero-order chi connectivity index (χ0) is 9.68. The van der Waals surface area contributed by atoms with E-state index in [1.54, 1.807) is 0 Å². The SMILES string of the molecule is CCC(C)NC1CCCN(C)CC1. The lowest BCUT2D eigenvalue weighted by Crippen LogP contribution is -2.36. The summed E-state index contributed by atoms with van der Waals surface area (Å²) >= 11 is 0. The number of rotatable bonds is 3. The molecular weight excluding hydrogens is 160 g/mol. The Kier molecular flexibility index (Phi) is 4.74. The number of nitrogens with zero attached hydrogens (tertiary/aromatic N) is 1. The van der Waals surface area contributed by atoms with Crippen molar-refractivity contribution in [3.63, 3.8) is 0 Å². The minimum atomic E-state index is 0.688. The van der Waals surface area contributed by atoms with Crippen LogP contribution in [0.5, 0.6) is 0 Å². The number of likely N-dealkylation sites (tertiary alicyclic amines) is 1. The molecule has 0 aromatic carbocycles. The summed E-state index contributed by atoms with van der Waals surface area (Å²) < 4.78 is 0. The maximum Gasteiger partial charge on any atom is 0.00821 e. The van der Waals surface area contributed by atoms with Gasteiger partial charge in [-0.3, -0.25) is 0 Å². The van der Waals surface area contributed by atoms with Gasteiger partial charge in [-0.1, -0.05) is 6.92 Å². The topological polar surface area (TPSA) is 15.3 Å². The van der Waals surface area contributed by atoms with E-state index in [2.05, 4.69) is 31.1 Å². The van der Waals surface area contributed by atoms with Gasteiger partial charge in [-0.25, -0.2) is 0 Å².